The van der Waals surface area contributed by atoms with Gasteiger partial charge in [0.15, 0.2) is 11.4 Å². The molecular formula is C12H8F3N5. The van der Waals surface area contributed by atoms with Gasteiger partial charge < -0.3 is 0 Å². The fourth-order valence-electron chi connectivity index (χ4n) is 1.51. The summed E-state index contributed by atoms with van der Waals surface area (Å²) in [7, 11) is 1.41. The Morgan fingerprint density at radius 3 is 2.55 bits per heavy atom. The van der Waals surface area contributed by atoms with E-state index in [1.54, 1.807) is 6.07 Å². The second kappa shape index (κ2) is 5.13. The molecule has 0 saturated carbocycles. The SMILES string of the molecule is Cn1cc(/C=C/c2cnc(C#N)cn2)c(C(F)(F)F)n1. The Hall–Kier alpha value is -2.69. The molecule has 0 aliphatic rings. The zero-order valence-corrected chi connectivity index (χ0v) is 10.3. The minimum Gasteiger partial charge on any atom is -0.275 e. The summed E-state index contributed by atoms with van der Waals surface area (Å²) >= 11 is 0. The first-order valence-electron chi connectivity index (χ1n) is 5.41. The summed E-state index contributed by atoms with van der Waals surface area (Å²) in [6.07, 6.45) is 1.92. The van der Waals surface area contributed by atoms with Gasteiger partial charge in [0.05, 0.1) is 18.1 Å². The lowest BCUT2D eigenvalue weighted by atomic mass is 10.2. The number of nitriles is 1. The largest absolute Gasteiger partial charge is 0.435 e. The van der Waals surface area contributed by atoms with E-state index >= 15 is 0 Å². The molecule has 0 bridgehead atoms. The van der Waals surface area contributed by atoms with Crippen molar-refractivity contribution in [2.75, 3.05) is 0 Å². The third-order valence-electron chi connectivity index (χ3n) is 2.35. The highest BCUT2D eigenvalue weighted by Crippen LogP contribution is 2.31. The Morgan fingerprint density at radius 2 is 2.00 bits per heavy atom. The van der Waals surface area contributed by atoms with Gasteiger partial charge in [-0.2, -0.15) is 23.5 Å². The van der Waals surface area contributed by atoms with E-state index in [4.69, 9.17) is 5.26 Å². The minimum absolute atomic E-state index is 0.0637. The molecule has 0 spiro atoms. The summed E-state index contributed by atoms with van der Waals surface area (Å²) in [5, 5.41) is 11.9. The van der Waals surface area contributed by atoms with Crippen LogP contribution in [0.3, 0.4) is 0 Å². The van der Waals surface area contributed by atoms with Gasteiger partial charge in [0.25, 0.3) is 0 Å². The molecule has 0 aliphatic heterocycles. The van der Waals surface area contributed by atoms with Crippen molar-refractivity contribution in [2.45, 2.75) is 6.18 Å². The first-order valence-corrected chi connectivity index (χ1v) is 5.41. The molecule has 0 saturated heterocycles. The summed E-state index contributed by atoms with van der Waals surface area (Å²) in [5.41, 5.74) is -0.538. The van der Waals surface area contributed by atoms with Crippen molar-refractivity contribution in [3.63, 3.8) is 0 Å². The monoisotopic (exact) mass is 279 g/mol. The van der Waals surface area contributed by atoms with E-state index in [-0.39, 0.29) is 11.3 Å². The van der Waals surface area contributed by atoms with E-state index in [1.165, 1.54) is 37.8 Å². The van der Waals surface area contributed by atoms with Crippen molar-refractivity contribution in [2.24, 2.45) is 7.05 Å². The van der Waals surface area contributed by atoms with Crippen LogP contribution < -0.4 is 0 Å². The highest BCUT2D eigenvalue weighted by atomic mass is 19.4. The lowest BCUT2D eigenvalue weighted by Crippen LogP contribution is -2.08. The van der Waals surface area contributed by atoms with Crippen LogP contribution >= 0.6 is 0 Å². The number of nitrogens with zero attached hydrogens (tertiary/aromatic N) is 5. The van der Waals surface area contributed by atoms with Crippen molar-refractivity contribution >= 4 is 12.2 Å². The van der Waals surface area contributed by atoms with Crippen LogP contribution in [0.25, 0.3) is 12.2 Å². The lowest BCUT2D eigenvalue weighted by molar-refractivity contribution is -0.141. The van der Waals surface area contributed by atoms with Crippen molar-refractivity contribution < 1.29 is 13.2 Å². The van der Waals surface area contributed by atoms with Crippen LogP contribution in [-0.2, 0) is 13.2 Å². The van der Waals surface area contributed by atoms with Gasteiger partial charge in [-0.15, -0.1) is 0 Å². The van der Waals surface area contributed by atoms with Crippen LogP contribution in [0.4, 0.5) is 13.2 Å². The normalized spacial score (nSPS) is 11.8. The maximum Gasteiger partial charge on any atom is 0.435 e. The first-order chi connectivity index (χ1) is 9.40. The number of aromatic nitrogens is 4. The van der Waals surface area contributed by atoms with Gasteiger partial charge in [0, 0.05) is 18.8 Å². The minimum atomic E-state index is -4.52. The van der Waals surface area contributed by atoms with Crippen LogP contribution in [0.5, 0.6) is 0 Å². The molecular weight excluding hydrogens is 271 g/mol. The van der Waals surface area contributed by atoms with E-state index in [0.717, 1.165) is 4.68 Å². The molecule has 8 heteroatoms. The molecule has 5 nitrogen and oxygen atoms in total. The smallest absolute Gasteiger partial charge is 0.275 e. The average Bonchev–Trinajstić information content (AvgIpc) is 2.78. The Bertz CT molecular complexity index is 677. The predicted octanol–water partition coefficient (Wildman–Crippen LogP) is 2.27. The van der Waals surface area contributed by atoms with Crippen molar-refractivity contribution in [1.82, 2.24) is 19.7 Å². The van der Waals surface area contributed by atoms with E-state index in [1.807, 2.05) is 0 Å². The molecule has 0 N–H and O–H groups in total. The number of alkyl halides is 3. The molecule has 0 aromatic carbocycles. The predicted molar refractivity (Wildman–Crippen MR) is 63.9 cm³/mol. The van der Waals surface area contributed by atoms with Gasteiger partial charge in [-0.25, -0.2) is 4.98 Å². The fourth-order valence-corrected chi connectivity index (χ4v) is 1.51. The molecule has 0 atom stereocenters. The zero-order valence-electron chi connectivity index (χ0n) is 10.3. The maximum absolute atomic E-state index is 12.7. The summed E-state index contributed by atoms with van der Waals surface area (Å²) in [6, 6.07) is 1.80. The topological polar surface area (TPSA) is 67.4 Å². The van der Waals surface area contributed by atoms with Crippen LogP contribution in [0.2, 0.25) is 0 Å². The van der Waals surface area contributed by atoms with Gasteiger partial charge in [0.1, 0.15) is 6.07 Å². The average molecular weight is 279 g/mol. The van der Waals surface area contributed by atoms with Crippen molar-refractivity contribution in [3.8, 4) is 6.07 Å². The Morgan fingerprint density at radius 1 is 1.25 bits per heavy atom. The van der Waals surface area contributed by atoms with Crippen LogP contribution in [0.1, 0.15) is 22.6 Å². The zero-order chi connectivity index (χ0) is 14.8. The highest BCUT2D eigenvalue weighted by Gasteiger charge is 2.36. The van der Waals surface area contributed by atoms with Crippen LogP contribution in [0.15, 0.2) is 18.6 Å². The quantitative estimate of drug-likeness (QED) is 0.845. The van der Waals surface area contributed by atoms with Crippen molar-refractivity contribution in [3.05, 3.63) is 41.2 Å². The van der Waals surface area contributed by atoms with Crippen LogP contribution in [0, 0.1) is 11.3 Å². The summed E-state index contributed by atoms with van der Waals surface area (Å²) < 4.78 is 39.2. The molecule has 0 aliphatic carbocycles. The molecule has 2 aromatic rings. The van der Waals surface area contributed by atoms with Gasteiger partial charge in [-0.05, 0) is 12.2 Å². The molecule has 0 radical (unpaired) electrons. The second-order valence-electron chi connectivity index (χ2n) is 3.88. The number of halogens is 3. The van der Waals surface area contributed by atoms with Crippen molar-refractivity contribution in [1.29, 1.82) is 5.26 Å². The fraction of sp³-hybridized carbons (Fsp3) is 0.167. The summed E-state index contributed by atoms with van der Waals surface area (Å²) in [5.74, 6) is 0. The molecule has 2 aromatic heterocycles. The molecule has 102 valence electrons. The second-order valence-corrected chi connectivity index (χ2v) is 3.88. The Labute approximate surface area is 112 Å². The van der Waals surface area contributed by atoms with E-state index in [9.17, 15) is 13.2 Å². The van der Waals surface area contributed by atoms with Gasteiger partial charge >= 0.3 is 6.18 Å². The van der Waals surface area contributed by atoms with E-state index < -0.39 is 11.9 Å². The molecule has 20 heavy (non-hydrogen) atoms. The third kappa shape index (κ3) is 3.00. The molecule has 2 heterocycles. The van der Waals surface area contributed by atoms with Crippen LogP contribution in [-0.4, -0.2) is 19.7 Å². The number of rotatable bonds is 2. The Kier molecular flexibility index (Phi) is 3.52. The summed E-state index contributed by atoms with van der Waals surface area (Å²) in [4.78, 5) is 7.65. The van der Waals surface area contributed by atoms with Gasteiger partial charge in [0.2, 0.25) is 0 Å². The number of hydrogen-bond acceptors (Lipinski definition) is 4. The summed E-state index contributed by atoms with van der Waals surface area (Å²) in [6.45, 7) is 0. The van der Waals surface area contributed by atoms with E-state index in [2.05, 4.69) is 15.1 Å². The third-order valence-corrected chi connectivity index (χ3v) is 2.35. The molecule has 0 fully saturated rings. The number of hydrogen-bond donors (Lipinski definition) is 0. The van der Waals surface area contributed by atoms with E-state index in [0.29, 0.717) is 5.69 Å². The number of aryl methyl sites for hydroxylation is 1. The molecule has 0 unspecified atom stereocenters. The molecule has 2 rings (SSSR count). The standard InChI is InChI=1S/C12H8F3N5/c1-20-7-8(11(19-20)12(13,14)15)2-3-9-5-18-10(4-16)6-17-9/h2-3,5-7H,1H3/b3-2+. The lowest BCUT2D eigenvalue weighted by Gasteiger charge is -2.02. The highest BCUT2D eigenvalue weighted by molar-refractivity contribution is 5.68. The first kappa shape index (κ1) is 13.7. The van der Waals surface area contributed by atoms with Gasteiger partial charge in [-0.1, -0.05) is 0 Å². The Balaban J connectivity index is 2.29. The maximum atomic E-state index is 12.7. The van der Waals surface area contributed by atoms with Gasteiger partial charge in [-0.3, -0.25) is 9.67 Å². The molecule has 0 amide bonds.